The van der Waals surface area contributed by atoms with E-state index in [1.807, 2.05) is 6.92 Å². The van der Waals surface area contributed by atoms with E-state index in [1.165, 1.54) is 12.4 Å². The Hall–Kier alpha value is -4.93. The third-order valence-corrected chi connectivity index (χ3v) is 6.14. The van der Waals surface area contributed by atoms with Crippen LogP contribution in [0.15, 0.2) is 54.9 Å². The number of aromatic nitrogens is 4. The second kappa shape index (κ2) is 9.99. The Labute approximate surface area is 228 Å². The van der Waals surface area contributed by atoms with Crippen LogP contribution in [0.4, 0.5) is 19.4 Å². The van der Waals surface area contributed by atoms with E-state index >= 15 is 4.39 Å². The fourth-order valence-corrected chi connectivity index (χ4v) is 4.54. The summed E-state index contributed by atoms with van der Waals surface area (Å²) in [6.45, 7) is 7.10. The van der Waals surface area contributed by atoms with Gasteiger partial charge in [0.2, 0.25) is 0 Å². The molecule has 3 aromatic heterocycles. The number of benzene rings is 2. The lowest BCUT2D eigenvalue weighted by atomic mass is 10.0. The molecule has 0 bridgehead atoms. The molecule has 0 saturated heterocycles. The number of nitrogens with zero attached hydrogens (tertiary/aromatic N) is 4. The van der Waals surface area contributed by atoms with Crippen LogP contribution in [-0.4, -0.2) is 37.1 Å². The van der Waals surface area contributed by atoms with Crippen LogP contribution in [0.25, 0.3) is 38.8 Å². The number of amides is 2. The van der Waals surface area contributed by atoms with Gasteiger partial charge in [-0.25, -0.2) is 23.5 Å². The van der Waals surface area contributed by atoms with E-state index in [-0.39, 0.29) is 22.3 Å². The minimum Gasteiger partial charge on any atom is -0.444 e. The predicted octanol–water partition coefficient (Wildman–Crippen LogP) is 5.92. The maximum atomic E-state index is 15.1. The highest BCUT2D eigenvalue weighted by Gasteiger charge is 2.22. The molecule has 3 N–H and O–H groups in total. The van der Waals surface area contributed by atoms with Crippen molar-refractivity contribution in [1.29, 1.82) is 0 Å². The van der Waals surface area contributed by atoms with E-state index in [0.717, 1.165) is 12.1 Å². The molecule has 9 nitrogen and oxygen atoms in total. The predicted molar refractivity (Wildman–Crippen MR) is 147 cm³/mol. The van der Waals surface area contributed by atoms with Gasteiger partial charge in [0, 0.05) is 18.8 Å². The fourth-order valence-electron chi connectivity index (χ4n) is 4.54. The lowest BCUT2D eigenvalue weighted by molar-refractivity contribution is 0.0635. The highest BCUT2D eigenvalue weighted by molar-refractivity contribution is 6.07. The van der Waals surface area contributed by atoms with E-state index < -0.39 is 29.2 Å². The Morgan fingerprint density at radius 1 is 0.975 bits per heavy atom. The quantitative estimate of drug-likeness (QED) is 0.283. The molecule has 0 aliphatic rings. The number of primary amides is 1. The standard InChI is InChI=1S/C29H26F2N6O3/c1-5-23-36-25-17(27(32)38)12-16(15-8-10-33-22(14-15)35-28(39)40-29(2,3)4)13-21(25)37(23)20-9-11-34-26-19(31)7-6-18(30)24(20)26/h6-14H,5H2,1-4H3,(H2,32,38)(H,33,35,39). The van der Waals surface area contributed by atoms with Crippen molar-refractivity contribution in [2.45, 2.75) is 39.7 Å². The Morgan fingerprint density at radius 3 is 2.40 bits per heavy atom. The van der Waals surface area contributed by atoms with E-state index in [4.69, 9.17) is 10.5 Å². The maximum Gasteiger partial charge on any atom is 0.413 e. The largest absolute Gasteiger partial charge is 0.444 e. The number of imidazole rings is 1. The number of ether oxygens (including phenoxy) is 1. The summed E-state index contributed by atoms with van der Waals surface area (Å²) in [4.78, 5) is 37.7. The molecule has 0 saturated carbocycles. The molecule has 5 rings (SSSR count). The molecule has 0 aliphatic heterocycles. The van der Waals surface area contributed by atoms with Crippen molar-refractivity contribution in [2.24, 2.45) is 5.73 Å². The van der Waals surface area contributed by atoms with Crippen LogP contribution in [0.5, 0.6) is 0 Å². The number of carbonyl (C=O) groups excluding carboxylic acids is 2. The summed E-state index contributed by atoms with van der Waals surface area (Å²) in [6.07, 6.45) is 2.64. The van der Waals surface area contributed by atoms with Crippen LogP contribution < -0.4 is 11.1 Å². The number of pyridine rings is 2. The average molecular weight is 545 g/mol. The van der Waals surface area contributed by atoms with Crippen LogP contribution in [0.1, 0.15) is 43.9 Å². The number of hydrogen-bond acceptors (Lipinski definition) is 6. The number of anilines is 1. The molecule has 2 amide bonds. The summed E-state index contributed by atoms with van der Waals surface area (Å²) in [7, 11) is 0. The molecule has 40 heavy (non-hydrogen) atoms. The summed E-state index contributed by atoms with van der Waals surface area (Å²) < 4.78 is 36.7. The molecule has 2 aromatic carbocycles. The monoisotopic (exact) mass is 544 g/mol. The SMILES string of the molecule is CCc1nc2c(C(N)=O)cc(-c3ccnc(NC(=O)OC(C)(C)C)c3)cc2n1-c1ccnc2c(F)ccc(F)c12. The van der Waals surface area contributed by atoms with Crippen molar-refractivity contribution in [2.75, 3.05) is 5.32 Å². The summed E-state index contributed by atoms with van der Waals surface area (Å²) in [5.74, 6) is -1.29. The highest BCUT2D eigenvalue weighted by Crippen LogP contribution is 2.34. The molecule has 0 spiro atoms. The zero-order valence-electron chi connectivity index (χ0n) is 22.3. The van der Waals surface area contributed by atoms with Crippen LogP contribution in [0.3, 0.4) is 0 Å². The molecular weight excluding hydrogens is 518 g/mol. The molecule has 3 heterocycles. The number of nitrogens with one attached hydrogen (secondary N) is 1. The van der Waals surface area contributed by atoms with Crippen molar-refractivity contribution in [3.63, 3.8) is 0 Å². The third-order valence-electron chi connectivity index (χ3n) is 6.14. The van der Waals surface area contributed by atoms with Gasteiger partial charge < -0.3 is 10.5 Å². The van der Waals surface area contributed by atoms with Gasteiger partial charge in [0.05, 0.1) is 22.2 Å². The number of carbonyl (C=O) groups is 2. The van der Waals surface area contributed by atoms with Crippen molar-refractivity contribution >= 4 is 39.8 Å². The average Bonchev–Trinajstić information content (AvgIpc) is 3.27. The van der Waals surface area contributed by atoms with Gasteiger partial charge in [0.25, 0.3) is 5.91 Å². The smallest absolute Gasteiger partial charge is 0.413 e. The van der Waals surface area contributed by atoms with Gasteiger partial charge in [0.15, 0.2) is 0 Å². The second-order valence-electron chi connectivity index (χ2n) is 10.1. The van der Waals surface area contributed by atoms with Crippen molar-refractivity contribution in [1.82, 2.24) is 19.5 Å². The van der Waals surface area contributed by atoms with Gasteiger partial charge >= 0.3 is 6.09 Å². The Bertz CT molecular complexity index is 1810. The molecule has 0 radical (unpaired) electrons. The Morgan fingerprint density at radius 2 is 1.70 bits per heavy atom. The van der Waals surface area contributed by atoms with Crippen molar-refractivity contribution in [3.05, 3.63) is 77.9 Å². The van der Waals surface area contributed by atoms with E-state index in [9.17, 15) is 14.0 Å². The zero-order valence-corrected chi connectivity index (χ0v) is 22.3. The van der Waals surface area contributed by atoms with E-state index in [0.29, 0.717) is 40.1 Å². The van der Waals surface area contributed by atoms with Crippen molar-refractivity contribution < 1.29 is 23.1 Å². The molecule has 0 unspecified atom stereocenters. The van der Waals surface area contributed by atoms with Gasteiger partial charge in [-0.05, 0) is 74.4 Å². The first-order valence-electron chi connectivity index (χ1n) is 12.5. The normalized spacial score (nSPS) is 11.7. The summed E-state index contributed by atoms with van der Waals surface area (Å²) in [6, 6.07) is 10.3. The number of fused-ring (bicyclic) bond motifs is 2. The number of halogens is 2. The minimum absolute atomic E-state index is 0.0183. The first-order valence-corrected chi connectivity index (χ1v) is 12.5. The van der Waals surface area contributed by atoms with Crippen LogP contribution >= 0.6 is 0 Å². The fraction of sp³-hybridized carbons (Fsp3) is 0.207. The summed E-state index contributed by atoms with van der Waals surface area (Å²) in [5.41, 5.74) is 7.34. The summed E-state index contributed by atoms with van der Waals surface area (Å²) in [5, 5.41) is 2.58. The molecule has 5 aromatic rings. The van der Waals surface area contributed by atoms with Crippen LogP contribution in [0.2, 0.25) is 0 Å². The minimum atomic E-state index is -0.711. The molecular formula is C29H26F2N6O3. The van der Waals surface area contributed by atoms with Gasteiger partial charge in [-0.15, -0.1) is 0 Å². The highest BCUT2D eigenvalue weighted by atomic mass is 19.1. The lowest BCUT2D eigenvalue weighted by Crippen LogP contribution is -2.27. The van der Waals surface area contributed by atoms with Gasteiger partial charge in [0.1, 0.15) is 39.9 Å². The molecule has 0 aliphatic carbocycles. The molecule has 11 heteroatoms. The molecule has 0 fully saturated rings. The third kappa shape index (κ3) is 4.93. The Kier molecular flexibility index (Phi) is 6.66. The number of nitrogens with two attached hydrogens (primary N) is 1. The first-order chi connectivity index (χ1) is 19.0. The second-order valence-corrected chi connectivity index (χ2v) is 10.1. The Balaban J connectivity index is 1.73. The van der Waals surface area contributed by atoms with Gasteiger partial charge in [-0.1, -0.05) is 6.92 Å². The van der Waals surface area contributed by atoms with Gasteiger partial charge in [-0.2, -0.15) is 0 Å². The lowest BCUT2D eigenvalue weighted by Gasteiger charge is -2.19. The number of rotatable bonds is 5. The molecule has 0 atom stereocenters. The molecule has 204 valence electrons. The van der Waals surface area contributed by atoms with E-state index in [2.05, 4.69) is 20.3 Å². The number of hydrogen-bond donors (Lipinski definition) is 2. The van der Waals surface area contributed by atoms with Crippen LogP contribution in [0, 0.1) is 11.6 Å². The first kappa shape index (κ1) is 26.7. The van der Waals surface area contributed by atoms with Crippen LogP contribution in [-0.2, 0) is 11.2 Å². The number of aryl methyl sites for hydroxylation is 1. The van der Waals surface area contributed by atoms with Crippen molar-refractivity contribution in [3.8, 4) is 16.8 Å². The summed E-state index contributed by atoms with van der Waals surface area (Å²) >= 11 is 0. The van der Waals surface area contributed by atoms with E-state index in [1.54, 1.807) is 55.7 Å². The topological polar surface area (TPSA) is 125 Å². The zero-order chi connectivity index (χ0) is 28.8. The van der Waals surface area contributed by atoms with Gasteiger partial charge in [-0.3, -0.25) is 19.7 Å². The maximum absolute atomic E-state index is 15.1.